The lowest BCUT2D eigenvalue weighted by molar-refractivity contribution is 0.0657. The van der Waals surface area contributed by atoms with E-state index in [0.717, 1.165) is 25.2 Å². The van der Waals surface area contributed by atoms with Crippen LogP contribution in [-0.2, 0) is 10.0 Å². The molecule has 8 nitrogen and oxygen atoms in total. The molecule has 1 unspecified atom stereocenters. The van der Waals surface area contributed by atoms with Crippen molar-refractivity contribution in [2.75, 3.05) is 32.9 Å². The molecule has 2 rings (SSSR count). The first-order valence-corrected chi connectivity index (χ1v) is 9.15. The molecule has 0 saturated carbocycles. The first-order chi connectivity index (χ1) is 10.7. The molecule has 2 heterocycles. The molecule has 23 heavy (non-hydrogen) atoms. The quantitative estimate of drug-likeness (QED) is 0.788. The van der Waals surface area contributed by atoms with Gasteiger partial charge in [0.05, 0.1) is 6.26 Å². The highest BCUT2D eigenvalue weighted by Gasteiger charge is 2.27. The summed E-state index contributed by atoms with van der Waals surface area (Å²) in [6.07, 6.45) is 2.74. The Balaban J connectivity index is 2.08. The number of nitrogens with one attached hydrogen (secondary N) is 1. The summed E-state index contributed by atoms with van der Waals surface area (Å²) in [6.45, 7) is 1.30. The number of piperidine rings is 1. The lowest BCUT2D eigenvalue weighted by Crippen LogP contribution is -2.44. The van der Waals surface area contributed by atoms with Crippen LogP contribution in [0.15, 0.2) is 16.9 Å². The Morgan fingerprint density at radius 2 is 2.17 bits per heavy atom. The molecule has 1 aromatic rings. The predicted octanol–water partition coefficient (Wildman–Crippen LogP) is -0.176. The van der Waals surface area contributed by atoms with E-state index in [0.29, 0.717) is 19.6 Å². The highest BCUT2D eigenvalue weighted by Crippen LogP contribution is 2.20. The van der Waals surface area contributed by atoms with Gasteiger partial charge in [0.1, 0.15) is 11.4 Å². The molecular formula is C14H21N3O5S. The number of carbonyl (C=O) groups excluding carboxylic acids is 1. The van der Waals surface area contributed by atoms with Crippen molar-refractivity contribution in [1.29, 1.82) is 0 Å². The molecular weight excluding hydrogens is 322 g/mol. The normalized spacial score (nSPS) is 19.1. The monoisotopic (exact) mass is 343 g/mol. The van der Waals surface area contributed by atoms with Gasteiger partial charge in [-0.15, -0.1) is 0 Å². The number of sulfonamides is 1. The molecule has 1 fully saturated rings. The van der Waals surface area contributed by atoms with Crippen LogP contribution in [0.5, 0.6) is 5.75 Å². The van der Waals surface area contributed by atoms with Gasteiger partial charge in [-0.25, -0.2) is 12.7 Å². The van der Waals surface area contributed by atoms with Gasteiger partial charge in [-0.3, -0.25) is 9.59 Å². The van der Waals surface area contributed by atoms with Crippen LogP contribution < -0.4 is 5.56 Å². The topological polar surface area (TPSA) is 111 Å². The fourth-order valence-electron chi connectivity index (χ4n) is 2.71. The Kier molecular flexibility index (Phi) is 5.10. The number of hydrogen-bond acceptors (Lipinski definition) is 5. The maximum atomic E-state index is 12.4. The van der Waals surface area contributed by atoms with Gasteiger partial charge in [-0.2, -0.15) is 0 Å². The van der Waals surface area contributed by atoms with Gasteiger partial charge in [-0.05, 0) is 18.8 Å². The molecule has 1 aliphatic rings. The Hall–Kier alpha value is -1.87. The van der Waals surface area contributed by atoms with Crippen molar-refractivity contribution in [2.45, 2.75) is 12.8 Å². The van der Waals surface area contributed by atoms with Crippen molar-refractivity contribution in [1.82, 2.24) is 14.2 Å². The SMILES string of the molecule is CN(CC1CCCN(C(=O)c2cc(O)cc(=O)[nH]2)C1)S(C)(=O)=O. The molecule has 9 heteroatoms. The van der Waals surface area contributed by atoms with Gasteiger partial charge in [0, 0.05) is 38.8 Å². The van der Waals surface area contributed by atoms with Gasteiger partial charge in [0.15, 0.2) is 0 Å². The summed E-state index contributed by atoms with van der Waals surface area (Å²) in [5.41, 5.74) is -0.508. The van der Waals surface area contributed by atoms with E-state index in [2.05, 4.69) is 4.98 Å². The number of pyridine rings is 1. The van der Waals surface area contributed by atoms with Crippen molar-refractivity contribution >= 4 is 15.9 Å². The first kappa shape index (κ1) is 17.5. The van der Waals surface area contributed by atoms with Gasteiger partial charge < -0.3 is 15.0 Å². The molecule has 2 N–H and O–H groups in total. The Bertz CT molecular complexity index is 743. The number of nitrogens with zero attached hydrogens (tertiary/aromatic N) is 2. The van der Waals surface area contributed by atoms with Crippen molar-refractivity contribution in [2.24, 2.45) is 5.92 Å². The first-order valence-electron chi connectivity index (χ1n) is 7.30. The van der Waals surface area contributed by atoms with Crippen LogP contribution in [-0.4, -0.2) is 66.6 Å². The minimum atomic E-state index is -3.25. The van der Waals surface area contributed by atoms with Crippen LogP contribution in [0.1, 0.15) is 23.3 Å². The van der Waals surface area contributed by atoms with Crippen LogP contribution in [0.4, 0.5) is 0 Å². The summed E-state index contributed by atoms with van der Waals surface area (Å²) >= 11 is 0. The van der Waals surface area contributed by atoms with Crippen LogP contribution in [0.3, 0.4) is 0 Å². The molecule has 1 atom stereocenters. The van der Waals surface area contributed by atoms with Crippen LogP contribution >= 0.6 is 0 Å². The van der Waals surface area contributed by atoms with E-state index in [4.69, 9.17) is 0 Å². The Morgan fingerprint density at radius 1 is 1.48 bits per heavy atom. The van der Waals surface area contributed by atoms with E-state index >= 15 is 0 Å². The van der Waals surface area contributed by atoms with Gasteiger partial charge in [0.2, 0.25) is 10.0 Å². The molecule has 0 bridgehead atoms. The molecule has 1 amide bonds. The van der Waals surface area contributed by atoms with Gasteiger partial charge in [0.25, 0.3) is 11.5 Å². The number of rotatable bonds is 4. The highest BCUT2D eigenvalue weighted by molar-refractivity contribution is 7.88. The number of carbonyl (C=O) groups is 1. The largest absolute Gasteiger partial charge is 0.508 e. The van der Waals surface area contributed by atoms with E-state index in [1.54, 1.807) is 4.90 Å². The number of aromatic hydroxyl groups is 1. The van der Waals surface area contributed by atoms with Crippen molar-refractivity contribution in [3.63, 3.8) is 0 Å². The fourth-order valence-corrected chi connectivity index (χ4v) is 3.19. The molecule has 0 aliphatic carbocycles. The standard InChI is InChI=1S/C14H21N3O5S/c1-16(23(2,21)22)8-10-4-3-5-17(9-10)14(20)12-6-11(18)7-13(19)15-12/h6-7,10H,3-5,8-9H2,1-2H3,(H2,15,18,19). The van der Waals surface area contributed by atoms with E-state index < -0.39 is 15.6 Å². The van der Waals surface area contributed by atoms with Crippen molar-refractivity contribution in [3.05, 3.63) is 28.2 Å². The van der Waals surface area contributed by atoms with E-state index in [1.165, 1.54) is 17.4 Å². The van der Waals surface area contributed by atoms with Crippen LogP contribution in [0, 0.1) is 5.92 Å². The summed E-state index contributed by atoms with van der Waals surface area (Å²) in [5, 5.41) is 9.44. The second kappa shape index (κ2) is 6.71. The molecule has 0 spiro atoms. The average molecular weight is 343 g/mol. The third-order valence-corrected chi connectivity index (χ3v) is 5.23. The number of H-pyrrole nitrogens is 1. The summed E-state index contributed by atoms with van der Waals surface area (Å²) < 4.78 is 24.3. The summed E-state index contributed by atoms with van der Waals surface area (Å²) in [7, 11) is -1.74. The minimum Gasteiger partial charge on any atom is -0.508 e. The van der Waals surface area contributed by atoms with E-state index in [9.17, 15) is 23.1 Å². The number of aromatic amines is 1. The molecule has 128 valence electrons. The predicted molar refractivity (Wildman–Crippen MR) is 84.8 cm³/mol. The zero-order chi connectivity index (χ0) is 17.2. The summed E-state index contributed by atoms with van der Waals surface area (Å²) in [5.74, 6) is -0.594. The molecule has 1 aromatic heterocycles. The second-order valence-electron chi connectivity index (χ2n) is 5.92. The number of amides is 1. The maximum Gasteiger partial charge on any atom is 0.270 e. The summed E-state index contributed by atoms with van der Waals surface area (Å²) in [6, 6.07) is 2.22. The number of likely N-dealkylation sites (tertiary alicyclic amines) is 1. The number of aromatic nitrogens is 1. The Morgan fingerprint density at radius 3 is 2.78 bits per heavy atom. The third-order valence-electron chi connectivity index (χ3n) is 3.95. The van der Waals surface area contributed by atoms with Crippen LogP contribution in [0.25, 0.3) is 0 Å². The zero-order valence-electron chi connectivity index (χ0n) is 13.2. The lowest BCUT2D eigenvalue weighted by Gasteiger charge is -2.34. The molecule has 1 aliphatic heterocycles. The molecule has 1 saturated heterocycles. The van der Waals surface area contributed by atoms with E-state index in [1.807, 2.05) is 0 Å². The van der Waals surface area contributed by atoms with Crippen molar-refractivity contribution in [3.8, 4) is 5.75 Å². The Labute approximate surface area is 134 Å². The molecule has 0 aromatic carbocycles. The maximum absolute atomic E-state index is 12.4. The highest BCUT2D eigenvalue weighted by atomic mass is 32.2. The number of hydrogen-bond donors (Lipinski definition) is 2. The minimum absolute atomic E-state index is 0.0344. The van der Waals surface area contributed by atoms with E-state index in [-0.39, 0.29) is 23.3 Å². The second-order valence-corrected chi connectivity index (χ2v) is 8.01. The third kappa shape index (κ3) is 4.55. The summed E-state index contributed by atoms with van der Waals surface area (Å²) in [4.78, 5) is 27.8. The zero-order valence-corrected chi connectivity index (χ0v) is 14.0. The smallest absolute Gasteiger partial charge is 0.270 e. The van der Waals surface area contributed by atoms with Gasteiger partial charge >= 0.3 is 0 Å². The lowest BCUT2D eigenvalue weighted by atomic mass is 9.98. The fraction of sp³-hybridized carbons (Fsp3) is 0.571. The van der Waals surface area contributed by atoms with Crippen LogP contribution in [0.2, 0.25) is 0 Å². The molecule has 0 radical (unpaired) electrons. The van der Waals surface area contributed by atoms with Crippen molar-refractivity contribution < 1.29 is 18.3 Å². The van der Waals surface area contributed by atoms with Gasteiger partial charge in [-0.1, -0.05) is 0 Å². The average Bonchev–Trinajstić information content (AvgIpc) is 2.44.